The zero-order valence-corrected chi connectivity index (χ0v) is 11.5. The number of carboxylic acids is 1. The predicted octanol–water partition coefficient (Wildman–Crippen LogP) is 1.26. The Balaban J connectivity index is 2.14. The number of aliphatic hydroxyl groups is 1. The highest BCUT2D eigenvalue weighted by Gasteiger charge is 2.34. The standard InChI is InChI=1S/C13H19N3O4/c1-7-3-4-16(10(7)6-17)13(20)15-9-5-8(2)14-11(9)12(18)19/h5,7,10,14,17H,3-4,6H2,1-2H3,(H,15,20)(H,18,19). The van der Waals surface area contributed by atoms with Crippen molar-refractivity contribution in [2.75, 3.05) is 18.5 Å². The van der Waals surface area contributed by atoms with Gasteiger partial charge in [-0.1, -0.05) is 6.92 Å². The second-order valence-electron chi connectivity index (χ2n) is 5.19. The molecule has 2 unspecified atom stereocenters. The summed E-state index contributed by atoms with van der Waals surface area (Å²) in [5, 5.41) is 21.0. The number of H-pyrrole nitrogens is 1. The Morgan fingerprint density at radius 3 is 2.85 bits per heavy atom. The summed E-state index contributed by atoms with van der Waals surface area (Å²) in [6.07, 6.45) is 0.830. The number of carboxylic acid groups (broad SMARTS) is 1. The van der Waals surface area contributed by atoms with E-state index in [1.54, 1.807) is 17.9 Å². The molecule has 0 radical (unpaired) electrons. The third-order valence-electron chi connectivity index (χ3n) is 3.74. The number of nitrogens with zero attached hydrogens (tertiary/aromatic N) is 1. The Morgan fingerprint density at radius 2 is 2.25 bits per heavy atom. The number of aryl methyl sites for hydroxylation is 1. The highest BCUT2D eigenvalue weighted by atomic mass is 16.4. The number of carbonyl (C=O) groups is 2. The lowest BCUT2D eigenvalue weighted by Crippen LogP contribution is -2.42. The van der Waals surface area contributed by atoms with Crippen LogP contribution in [0.3, 0.4) is 0 Å². The van der Waals surface area contributed by atoms with E-state index in [9.17, 15) is 14.7 Å². The van der Waals surface area contributed by atoms with Gasteiger partial charge in [-0.2, -0.15) is 0 Å². The maximum absolute atomic E-state index is 12.2. The van der Waals surface area contributed by atoms with E-state index in [0.29, 0.717) is 12.2 Å². The van der Waals surface area contributed by atoms with Crippen molar-refractivity contribution in [1.82, 2.24) is 9.88 Å². The number of aliphatic hydroxyl groups excluding tert-OH is 1. The number of hydrogen-bond acceptors (Lipinski definition) is 3. The second-order valence-corrected chi connectivity index (χ2v) is 5.19. The number of aromatic carboxylic acids is 1. The molecular formula is C13H19N3O4. The molecule has 2 atom stereocenters. The van der Waals surface area contributed by atoms with Crippen molar-refractivity contribution in [3.63, 3.8) is 0 Å². The van der Waals surface area contributed by atoms with E-state index >= 15 is 0 Å². The normalized spacial score (nSPS) is 22.1. The maximum atomic E-state index is 12.2. The molecule has 0 saturated carbocycles. The highest BCUT2D eigenvalue weighted by Crippen LogP contribution is 2.25. The zero-order chi connectivity index (χ0) is 14.9. The first kappa shape index (κ1) is 14.4. The van der Waals surface area contributed by atoms with Crippen molar-refractivity contribution in [1.29, 1.82) is 0 Å². The molecule has 1 aromatic heterocycles. The molecule has 1 aliphatic heterocycles. The average Bonchev–Trinajstić information content (AvgIpc) is 2.92. The van der Waals surface area contributed by atoms with Crippen LogP contribution in [0, 0.1) is 12.8 Å². The Hall–Kier alpha value is -2.02. The highest BCUT2D eigenvalue weighted by molar-refractivity contribution is 5.99. The number of nitrogens with one attached hydrogen (secondary N) is 2. The maximum Gasteiger partial charge on any atom is 0.354 e. The zero-order valence-electron chi connectivity index (χ0n) is 11.5. The number of hydrogen-bond donors (Lipinski definition) is 4. The average molecular weight is 281 g/mol. The lowest BCUT2D eigenvalue weighted by molar-refractivity contribution is 0.0692. The van der Waals surface area contributed by atoms with Gasteiger partial charge in [0.25, 0.3) is 0 Å². The van der Waals surface area contributed by atoms with Crippen LogP contribution in [0.4, 0.5) is 10.5 Å². The van der Waals surface area contributed by atoms with E-state index in [1.807, 2.05) is 6.92 Å². The van der Waals surface area contributed by atoms with Crippen molar-refractivity contribution < 1.29 is 19.8 Å². The molecule has 0 bridgehead atoms. The summed E-state index contributed by atoms with van der Waals surface area (Å²) in [6, 6.07) is 0.979. The molecule has 0 aromatic carbocycles. The molecule has 2 heterocycles. The van der Waals surface area contributed by atoms with Crippen LogP contribution in [0.2, 0.25) is 0 Å². The van der Waals surface area contributed by atoms with Crippen molar-refractivity contribution in [3.8, 4) is 0 Å². The van der Waals surface area contributed by atoms with Gasteiger partial charge in [0.1, 0.15) is 5.69 Å². The number of anilines is 1. The van der Waals surface area contributed by atoms with Crippen LogP contribution in [0.15, 0.2) is 6.07 Å². The number of aromatic nitrogens is 1. The summed E-state index contributed by atoms with van der Waals surface area (Å²) in [5.41, 5.74) is 0.867. The molecule has 1 saturated heterocycles. The van der Waals surface area contributed by atoms with Crippen molar-refractivity contribution in [3.05, 3.63) is 17.5 Å². The fourth-order valence-corrected chi connectivity index (χ4v) is 2.58. The van der Waals surface area contributed by atoms with Gasteiger partial charge in [-0.15, -0.1) is 0 Å². The number of carbonyl (C=O) groups excluding carboxylic acids is 1. The van der Waals surface area contributed by atoms with E-state index in [4.69, 9.17) is 5.11 Å². The molecule has 2 rings (SSSR count). The smallest absolute Gasteiger partial charge is 0.354 e. The predicted molar refractivity (Wildman–Crippen MR) is 72.9 cm³/mol. The van der Waals surface area contributed by atoms with Gasteiger partial charge >= 0.3 is 12.0 Å². The van der Waals surface area contributed by atoms with Crippen LogP contribution in [0.25, 0.3) is 0 Å². The first-order valence-electron chi connectivity index (χ1n) is 6.55. The molecule has 2 amide bonds. The Bertz CT molecular complexity index is 526. The lowest BCUT2D eigenvalue weighted by atomic mass is 10.0. The second kappa shape index (κ2) is 5.54. The summed E-state index contributed by atoms with van der Waals surface area (Å²) in [4.78, 5) is 27.5. The van der Waals surface area contributed by atoms with Crippen molar-refractivity contribution in [2.45, 2.75) is 26.3 Å². The Labute approximate surface area is 116 Å². The van der Waals surface area contributed by atoms with Gasteiger partial charge in [-0.3, -0.25) is 0 Å². The number of rotatable bonds is 3. The molecule has 20 heavy (non-hydrogen) atoms. The fourth-order valence-electron chi connectivity index (χ4n) is 2.58. The van der Waals surface area contributed by atoms with E-state index in [0.717, 1.165) is 6.42 Å². The summed E-state index contributed by atoms with van der Waals surface area (Å²) < 4.78 is 0. The van der Waals surface area contributed by atoms with E-state index in [1.165, 1.54) is 0 Å². The molecule has 1 fully saturated rings. The molecule has 110 valence electrons. The number of amides is 2. The van der Waals surface area contributed by atoms with Crippen molar-refractivity contribution >= 4 is 17.7 Å². The summed E-state index contributed by atoms with van der Waals surface area (Å²) in [7, 11) is 0. The Morgan fingerprint density at radius 1 is 1.55 bits per heavy atom. The summed E-state index contributed by atoms with van der Waals surface area (Å²) >= 11 is 0. The van der Waals surface area contributed by atoms with Gasteiger partial charge in [-0.05, 0) is 25.3 Å². The molecular weight excluding hydrogens is 262 g/mol. The lowest BCUT2D eigenvalue weighted by Gasteiger charge is -2.25. The molecule has 0 spiro atoms. The van der Waals surface area contributed by atoms with Gasteiger partial charge in [0.2, 0.25) is 0 Å². The van der Waals surface area contributed by atoms with E-state index < -0.39 is 5.97 Å². The van der Waals surface area contributed by atoms with Gasteiger partial charge in [-0.25, -0.2) is 9.59 Å². The number of urea groups is 1. The summed E-state index contributed by atoms with van der Waals surface area (Å²) in [5.74, 6) is -0.889. The summed E-state index contributed by atoms with van der Waals surface area (Å²) in [6.45, 7) is 4.17. The number of aromatic amines is 1. The first-order valence-corrected chi connectivity index (χ1v) is 6.55. The van der Waals surface area contributed by atoms with Crippen LogP contribution >= 0.6 is 0 Å². The fraction of sp³-hybridized carbons (Fsp3) is 0.538. The number of likely N-dealkylation sites (tertiary alicyclic amines) is 1. The molecule has 4 N–H and O–H groups in total. The van der Waals surface area contributed by atoms with Crippen molar-refractivity contribution in [2.24, 2.45) is 5.92 Å². The third-order valence-corrected chi connectivity index (χ3v) is 3.74. The van der Waals surface area contributed by atoms with Crippen LogP contribution in [0.5, 0.6) is 0 Å². The minimum atomic E-state index is -1.12. The van der Waals surface area contributed by atoms with Gasteiger partial charge < -0.3 is 25.4 Å². The van der Waals surface area contributed by atoms with Crippen LogP contribution in [0.1, 0.15) is 29.5 Å². The minimum absolute atomic E-state index is 0.0383. The molecule has 7 nitrogen and oxygen atoms in total. The molecule has 1 aliphatic rings. The van der Waals surface area contributed by atoms with E-state index in [2.05, 4.69) is 10.3 Å². The molecule has 1 aromatic rings. The largest absolute Gasteiger partial charge is 0.477 e. The molecule has 0 aliphatic carbocycles. The third kappa shape index (κ3) is 2.62. The topological polar surface area (TPSA) is 106 Å². The molecule has 7 heteroatoms. The monoisotopic (exact) mass is 281 g/mol. The van der Waals surface area contributed by atoms with Crippen LogP contribution in [-0.2, 0) is 0 Å². The SMILES string of the molecule is Cc1cc(NC(=O)N2CCC(C)C2CO)c(C(=O)O)[nH]1. The van der Waals surface area contributed by atoms with E-state index in [-0.39, 0.29) is 36.0 Å². The quantitative estimate of drug-likeness (QED) is 0.669. The van der Waals surface area contributed by atoms with Gasteiger partial charge in [0.05, 0.1) is 18.3 Å². The Kier molecular flexibility index (Phi) is 3.99. The van der Waals surface area contributed by atoms with Gasteiger partial charge in [0.15, 0.2) is 0 Å². The van der Waals surface area contributed by atoms with Crippen LogP contribution in [-0.4, -0.2) is 51.3 Å². The van der Waals surface area contributed by atoms with Gasteiger partial charge in [0, 0.05) is 12.2 Å². The first-order chi connectivity index (χ1) is 9.43. The van der Waals surface area contributed by atoms with Crippen LogP contribution < -0.4 is 5.32 Å². The minimum Gasteiger partial charge on any atom is -0.477 e.